The molecule has 4 nitrogen and oxygen atoms in total. The fraction of sp³-hybridized carbons (Fsp3) is 1.00. The van der Waals surface area contributed by atoms with Gasteiger partial charge in [-0.25, -0.2) is 0 Å². The van der Waals surface area contributed by atoms with Crippen LogP contribution in [0.15, 0.2) is 0 Å². The first-order chi connectivity index (χ1) is 7.10. The van der Waals surface area contributed by atoms with E-state index in [0.29, 0.717) is 25.9 Å². The number of hydrogen-bond donors (Lipinski definition) is 2. The average molecular weight is 215 g/mol. The van der Waals surface area contributed by atoms with E-state index in [1.807, 2.05) is 0 Å². The lowest BCUT2D eigenvalue weighted by Gasteiger charge is -2.50. The molecule has 0 spiro atoms. The molecule has 3 atom stereocenters. The highest BCUT2D eigenvalue weighted by molar-refractivity contribution is 5.01. The summed E-state index contributed by atoms with van der Waals surface area (Å²) in [6, 6.07) is 0.401. The van der Waals surface area contributed by atoms with Gasteiger partial charge in [-0.2, -0.15) is 0 Å². The number of hydrogen-bond acceptors (Lipinski definition) is 4. The molecule has 2 aliphatic rings. The Morgan fingerprint density at radius 3 is 2.73 bits per heavy atom. The number of ether oxygens (including phenoxy) is 2. The number of rotatable bonds is 3. The summed E-state index contributed by atoms with van der Waals surface area (Å²) < 4.78 is 10.9. The molecule has 0 radical (unpaired) electrons. The molecule has 88 valence electrons. The van der Waals surface area contributed by atoms with Crippen LogP contribution in [0, 0.1) is 5.41 Å². The smallest absolute Gasteiger partial charge is 0.0933 e. The Labute approximate surface area is 90.9 Å². The minimum absolute atomic E-state index is 0.00444. The van der Waals surface area contributed by atoms with Gasteiger partial charge in [-0.3, -0.25) is 0 Å². The van der Waals surface area contributed by atoms with Crippen molar-refractivity contribution >= 4 is 0 Å². The van der Waals surface area contributed by atoms with Crippen molar-refractivity contribution in [1.82, 2.24) is 5.32 Å². The van der Waals surface area contributed by atoms with Crippen molar-refractivity contribution < 1.29 is 14.6 Å². The second kappa shape index (κ2) is 4.37. The number of aliphatic hydroxyl groups excluding tert-OH is 1. The third-order valence-electron chi connectivity index (χ3n) is 3.69. The zero-order valence-electron chi connectivity index (χ0n) is 9.53. The summed E-state index contributed by atoms with van der Waals surface area (Å²) in [5.74, 6) is 0. The molecule has 1 aliphatic carbocycles. The van der Waals surface area contributed by atoms with Gasteiger partial charge >= 0.3 is 0 Å². The largest absolute Gasteiger partial charge is 0.392 e. The molecule has 0 bridgehead atoms. The molecule has 2 N–H and O–H groups in total. The van der Waals surface area contributed by atoms with Crippen LogP contribution in [0.5, 0.6) is 0 Å². The lowest BCUT2D eigenvalue weighted by atomic mass is 9.64. The highest BCUT2D eigenvalue weighted by Gasteiger charge is 2.46. The predicted molar refractivity (Wildman–Crippen MR) is 56.8 cm³/mol. The lowest BCUT2D eigenvalue weighted by Crippen LogP contribution is -2.61. The summed E-state index contributed by atoms with van der Waals surface area (Å²) in [6.07, 6.45) is 0.853. The lowest BCUT2D eigenvalue weighted by molar-refractivity contribution is -0.102. The van der Waals surface area contributed by atoms with E-state index in [4.69, 9.17) is 9.47 Å². The summed E-state index contributed by atoms with van der Waals surface area (Å²) in [7, 11) is 0. The second-order valence-electron chi connectivity index (χ2n) is 5.10. The minimum Gasteiger partial charge on any atom is -0.392 e. The Bertz CT molecular complexity index is 214. The van der Waals surface area contributed by atoms with Gasteiger partial charge in [0.05, 0.1) is 32.0 Å². The van der Waals surface area contributed by atoms with Crippen molar-refractivity contribution in [1.29, 1.82) is 0 Å². The summed E-state index contributed by atoms with van der Waals surface area (Å²) >= 11 is 0. The third kappa shape index (κ3) is 2.33. The molecular weight excluding hydrogens is 194 g/mol. The Hall–Kier alpha value is -0.160. The van der Waals surface area contributed by atoms with Crippen LogP contribution in [0.2, 0.25) is 0 Å². The molecule has 3 unspecified atom stereocenters. The summed E-state index contributed by atoms with van der Waals surface area (Å²) in [5, 5.41) is 13.0. The Morgan fingerprint density at radius 2 is 2.20 bits per heavy atom. The monoisotopic (exact) mass is 215 g/mol. The first-order valence-electron chi connectivity index (χ1n) is 5.71. The first-order valence-corrected chi connectivity index (χ1v) is 5.71. The summed E-state index contributed by atoms with van der Waals surface area (Å²) in [6.45, 7) is 7.10. The first kappa shape index (κ1) is 11.3. The van der Waals surface area contributed by atoms with Gasteiger partial charge in [-0.05, 0) is 6.42 Å². The SMILES string of the molecule is CC1(C)C(O)CC1NCC1COCCO1. The maximum Gasteiger partial charge on any atom is 0.0933 e. The highest BCUT2D eigenvalue weighted by Crippen LogP contribution is 2.40. The molecule has 4 heteroatoms. The van der Waals surface area contributed by atoms with E-state index in [2.05, 4.69) is 19.2 Å². The van der Waals surface area contributed by atoms with E-state index >= 15 is 0 Å². The highest BCUT2D eigenvalue weighted by atomic mass is 16.6. The molecule has 15 heavy (non-hydrogen) atoms. The van der Waals surface area contributed by atoms with Crippen LogP contribution < -0.4 is 5.32 Å². The van der Waals surface area contributed by atoms with Crippen molar-refractivity contribution in [2.24, 2.45) is 5.41 Å². The molecule has 0 aromatic rings. The Morgan fingerprint density at radius 1 is 1.40 bits per heavy atom. The van der Waals surface area contributed by atoms with Crippen LogP contribution in [0.1, 0.15) is 20.3 Å². The Kier molecular flexibility index (Phi) is 3.30. The second-order valence-corrected chi connectivity index (χ2v) is 5.10. The Balaban J connectivity index is 1.70. The fourth-order valence-corrected chi connectivity index (χ4v) is 2.18. The van der Waals surface area contributed by atoms with Gasteiger partial charge in [0, 0.05) is 18.0 Å². The van der Waals surface area contributed by atoms with E-state index in [-0.39, 0.29) is 17.6 Å². The van der Waals surface area contributed by atoms with Gasteiger partial charge in [-0.15, -0.1) is 0 Å². The quantitative estimate of drug-likeness (QED) is 0.703. The molecule has 0 aromatic heterocycles. The van der Waals surface area contributed by atoms with Crippen molar-refractivity contribution in [3.8, 4) is 0 Å². The third-order valence-corrected chi connectivity index (χ3v) is 3.69. The molecule has 0 aromatic carbocycles. The fourth-order valence-electron chi connectivity index (χ4n) is 2.18. The average Bonchev–Trinajstić information content (AvgIpc) is 2.25. The predicted octanol–water partition coefficient (Wildman–Crippen LogP) is 0.151. The molecule has 2 fully saturated rings. The van der Waals surface area contributed by atoms with Gasteiger partial charge in [0.25, 0.3) is 0 Å². The summed E-state index contributed by atoms with van der Waals surface area (Å²) in [4.78, 5) is 0. The van der Waals surface area contributed by atoms with Crippen molar-refractivity contribution in [3.63, 3.8) is 0 Å². The molecule has 1 aliphatic heterocycles. The standard InChI is InChI=1S/C11H21NO3/c1-11(2)9(5-10(11)13)12-6-8-7-14-3-4-15-8/h8-10,12-13H,3-7H2,1-2H3. The van der Waals surface area contributed by atoms with Crippen LogP contribution in [0.25, 0.3) is 0 Å². The maximum atomic E-state index is 9.59. The molecule has 2 rings (SSSR count). The minimum atomic E-state index is -0.168. The van der Waals surface area contributed by atoms with Crippen LogP contribution in [0.4, 0.5) is 0 Å². The van der Waals surface area contributed by atoms with Gasteiger partial charge < -0.3 is 19.9 Å². The molecular formula is C11H21NO3. The zero-order valence-corrected chi connectivity index (χ0v) is 9.53. The topological polar surface area (TPSA) is 50.7 Å². The number of nitrogens with one attached hydrogen (secondary N) is 1. The van der Waals surface area contributed by atoms with Gasteiger partial charge in [0.2, 0.25) is 0 Å². The zero-order chi connectivity index (χ0) is 10.9. The van der Waals surface area contributed by atoms with Crippen LogP contribution in [-0.2, 0) is 9.47 Å². The van der Waals surface area contributed by atoms with E-state index in [9.17, 15) is 5.11 Å². The molecule has 1 heterocycles. The molecule has 1 saturated carbocycles. The van der Waals surface area contributed by atoms with Gasteiger partial charge in [-0.1, -0.05) is 13.8 Å². The van der Waals surface area contributed by atoms with Crippen LogP contribution in [0.3, 0.4) is 0 Å². The normalized spacial score (nSPS) is 39.8. The van der Waals surface area contributed by atoms with Crippen LogP contribution >= 0.6 is 0 Å². The van der Waals surface area contributed by atoms with E-state index in [1.165, 1.54) is 0 Å². The molecule has 0 amide bonds. The van der Waals surface area contributed by atoms with Gasteiger partial charge in [0.1, 0.15) is 0 Å². The van der Waals surface area contributed by atoms with Crippen LogP contribution in [-0.4, -0.2) is 49.7 Å². The molecule has 1 saturated heterocycles. The maximum absolute atomic E-state index is 9.59. The number of aliphatic hydroxyl groups is 1. The van der Waals surface area contributed by atoms with Gasteiger partial charge in [0.15, 0.2) is 0 Å². The van der Waals surface area contributed by atoms with Crippen molar-refractivity contribution in [2.75, 3.05) is 26.4 Å². The van der Waals surface area contributed by atoms with E-state index in [1.54, 1.807) is 0 Å². The van der Waals surface area contributed by atoms with Crippen molar-refractivity contribution in [2.45, 2.75) is 38.5 Å². The van der Waals surface area contributed by atoms with Crippen molar-refractivity contribution in [3.05, 3.63) is 0 Å². The summed E-state index contributed by atoms with van der Waals surface area (Å²) in [5.41, 5.74) is -0.00444. The van der Waals surface area contributed by atoms with E-state index < -0.39 is 0 Å². The van der Waals surface area contributed by atoms with E-state index in [0.717, 1.165) is 13.0 Å².